The molecule has 2 nitrogen and oxygen atoms in total. The van der Waals surface area contributed by atoms with Gasteiger partial charge in [-0.3, -0.25) is 0 Å². The summed E-state index contributed by atoms with van der Waals surface area (Å²) in [5.74, 6) is 9.04. The van der Waals surface area contributed by atoms with Gasteiger partial charge in [0.2, 0.25) is 0 Å². The third-order valence-corrected chi connectivity index (χ3v) is 9.57. The molecule has 114 valence electrons. The van der Waals surface area contributed by atoms with Gasteiger partial charge in [0.05, 0.1) is 12.5 Å². The number of rotatable bonds is 0. The van der Waals surface area contributed by atoms with E-state index in [0.29, 0.717) is 12.2 Å². The number of hydrogen-bond acceptors (Lipinski definition) is 2. The van der Waals surface area contributed by atoms with Crippen molar-refractivity contribution in [2.45, 2.75) is 37.9 Å². The standard InChI is InChI=1S/C20H22O2/c1-3-11-15-7(1)13-9-5-22-12-4-2-8-14-10(6-21-11)17(15)19(13)20(14)18(9)16(8)12/h5-8,11-20H,1-4H2/t7-,8+,11-,12-,13-,14+,15-,16-,17+,18+,19+,20+/m0/s1. The molecule has 0 aromatic heterocycles. The molecule has 6 saturated carbocycles. The first-order valence-corrected chi connectivity index (χ1v) is 9.64. The summed E-state index contributed by atoms with van der Waals surface area (Å²) in [6, 6.07) is 0. The lowest BCUT2D eigenvalue weighted by Crippen LogP contribution is -2.34. The van der Waals surface area contributed by atoms with Crippen molar-refractivity contribution < 1.29 is 9.47 Å². The molecule has 2 heteroatoms. The average molecular weight is 294 g/mol. The molecule has 0 spiro atoms. The van der Waals surface area contributed by atoms with Gasteiger partial charge < -0.3 is 9.47 Å². The van der Waals surface area contributed by atoms with Gasteiger partial charge >= 0.3 is 0 Å². The molecular formula is C20H22O2. The minimum Gasteiger partial charge on any atom is -0.498 e. The van der Waals surface area contributed by atoms with E-state index in [1.807, 2.05) is 0 Å². The van der Waals surface area contributed by atoms with Crippen molar-refractivity contribution in [3.63, 3.8) is 0 Å². The van der Waals surface area contributed by atoms with Crippen LogP contribution < -0.4 is 0 Å². The quantitative estimate of drug-likeness (QED) is 0.682. The summed E-state index contributed by atoms with van der Waals surface area (Å²) in [5.41, 5.74) is 3.56. The maximum Gasteiger partial charge on any atom is 0.101 e. The van der Waals surface area contributed by atoms with Gasteiger partial charge in [0.1, 0.15) is 12.2 Å². The van der Waals surface area contributed by atoms with Crippen LogP contribution in [0.25, 0.3) is 0 Å². The fourth-order valence-electron chi connectivity index (χ4n) is 9.59. The first-order chi connectivity index (χ1) is 10.9. The number of ether oxygens (including phenoxy) is 2. The Bertz CT molecular complexity index is 619. The van der Waals surface area contributed by atoms with Gasteiger partial charge in [-0.05, 0) is 84.2 Å². The van der Waals surface area contributed by atoms with Crippen molar-refractivity contribution in [2.75, 3.05) is 0 Å². The van der Waals surface area contributed by atoms with Crippen molar-refractivity contribution in [1.82, 2.24) is 0 Å². The van der Waals surface area contributed by atoms with Crippen LogP contribution in [0.4, 0.5) is 0 Å². The van der Waals surface area contributed by atoms with Gasteiger partial charge in [0.15, 0.2) is 0 Å². The Morgan fingerprint density at radius 3 is 1.59 bits per heavy atom. The average Bonchev–Trinajstić information content (AvgIpc) is 3.29. The lowest BCUT2D eigenvalue weighted by Gasteiger charge is -2.36. The highest BCUT2D eigenvalue weighted by Gasteiger charge is 2.77. The van der Waals surface area contributed by atoms with Crippen molar-refractivity contribution in [1.29, 1.82) is 0 Å². The second kappa shape index (κ2) is 3.03. The lowest BCUT2D eigenvalue weighted by atomic mass is 9.75. The van der Waals surface area contributed by atoms with Crippen LogP contribution in [0, 0.1) is 59.2 Å². The van der Waals surface area contributed by atoms with E-state index in [4.69, 9.17) is 9.47 Å². The first kappa shape index (κ1) is 10.8. The zero-order valence-electron chi connectivity index (χ0n) is 12.7. The van der Waals surface area contributed by atoms with E-state index in [0.717, 1.165) is 59.2 Å². The molecule has 6 fully saturated rings. The highest BCUT2D eigenvalue weighted by Crippen LogP contribution is 2.80. The molecule has 2 aliphatic heterocycles. The van der Waals surface area contributed by atoms with E-state index >= 15 is 0 Å². The van der Waals surface area contributed by atoms with Gasteiger partial charge in [-0.25, -0.2) is 0 Å². The SMILES string of the molecule is C1=C2[C@H]3[C@H]4CC[C@@H]5OC=C6[C@@H]7[C@@H]8CC[C@H](O1)[C@H]8[C@@H]2[C@@H]7[C@H]3[C@H]6[C@@H]45. The molecule has 6 aliphatic carbocycles. The van der Waals surface area contributed by atoms with Gasteiger partial charge in [-0.1, -0.05) is 0 Å². The Morgan fingerprint density at radius 2 is 1.09 bits per heavy atom. The minimum atomic E-state index is 0.554. The molecule has 0 unspecified atom stereocenters. The third-order valence-electron chi connectivity index (χ3n) is 9.57. The molecule has 12 atom stereocenters. The maximum atomic E-state index is 6.30. The topological polar surface area (TPSA) is 18.5 Å². The van der Waals surface area contributed by atoms with Gasteiger partial charge in [0, 0.05) is 11.8 Å². The van der Waals surface area contributed by atoms with Crippen LogP contribution >= 0.6 is 0 Å². The Labute approximate surface area is 130 Å². The molecule has 0 bridgehead atoms. The summed E-state index contributed by atoms with van der Waals surface area (Å²) < 4.78 is 12.6. The molecule has 22 heavy (non-hydrogen) atoms. The summed E-state index contributed by atoms with van der Waals surface area (Å²) in [6.07, 6.45) is 11.1. The van der Waals surface area contributed by atoms with E-state index in [1.165, 1.54) is 25.7 Å². The number of hydrogen-bond donors (Lipinski definition) is 0. The van der Waals surface area contributed by atoms with Crippen LogP contribution in [-0.4, -0.2) is 12.2 Å². The highest BCUT2D eigenvalue weighted by molar-refractivity contribution is 5.43. The molecule has 0 radical (unpaired) electrons. The Balaban J connectivity index is 1.45. The Morgan fingerprint density at radius 1 is 0.591 bits per heavy atom. The first-order valence-electron chi connectivity index (χ1n) is 9.64. The zero-order valence-corrected chi connectivity index (χ0v) is 12.7. The van der Waals surface area contributed by atoms with Crippen LogP contribution in [0.3, 0.4) is 0 Å². The molecule has 8 aliphatic rings. The van der Waals surface area contributed by atoms with E-state index in [-0.39, 0.29) is 0 Å². The van der Waals surface area contributed by atoms with Gasteiger partial charge in [0.25, 0.3) is 0 Å². The Kier molecular flexibility index (Phi) is 1.49. The van der Waals surface area contributed by atoms with Gasteiger partial charge in [-0.15, -0.1) is 0 Å². The normalized spacial score (nSPS) is 69.5. The molecule has 0 saturated heterocycles. The zero-order chi connectivity index (χ0) is 13.7. The summed E-state index contributed by atoms with van der Waals surface area (Å²) >= 11 is 0. The molecule has 0 aromatic rings. The smallest absolute Gasteiger partial charge is 0.101 e. The van der Waals surface area contributed by atoms with E-state index in [1.54, 1.807) is 11.1 Å². The highest BCUT2D eigenvalue weighted by atomic mass is 16.5. The fraction of sp³-hybridized carbons (Fsp3) is 0.800. The van der Waals surface area contributed by atoms with Crippen LogP contribution in [0.5, 0.6) is 0 Å². The summed E-state index contributed by atoms with van der Waals surface area (Å²) in [6.45, 7) is 0. The second-order valence-corrected chi connectivity index (χ2v) is 9.48. The predicted octanol–water partition coefficient (Wildman–Crippen LogP) is 3.36. The number of allylic oxidation sites excluding steroid dienone is 2. The maximum absolute atomic E-state index is 6.30. The monoisotopic (exact) mass is 294 g/mol. The van der Waals surface area contributed by atoms with Crippen LogP contribution in [0.15, 0.2) is 23.7 Å². The lowest BCUT2D eigenvalue weighted by molar-refractivity contribution is 0.0417. The minimum absolute atomic E-state index is 0.554. The van der Waals surface area contributed by atoms with Crippen molar-refractivity contribution in [3.8, 4) is 0 Å². The molecule has 0 N–H and O–H groups in total. The predicted molar refractivity (Wildman–Crippen MR) is 79.3 cm³/mol. The largest absolute Gasteiger partial charge is 0.498 e. The second-order valence-electron chi connectivity index (χ2n) is 9.48. The van der Waals surface area contributed by atoms with Crippen LogP contribution in [0.1, 0.15) is 25.7 Å². The van der Waals surface area contributed by atoms with E-state index in [9.17, 15) is 0 Å². The van der Waals surface area contributed by atoms with Crippen molar-refractivity contribution in [3.05, 3.63) is 23.7 Å². The van der Waals surface area contributed by atoms with Crippen molar-refractivity contribution in [2.24, 2.45) is 59.2 Å². The fourth-order valence-corrected chi connectivity index (χ4v) is 9.59. The molecular weight excluding hydrogens is 272 g/mol. The summed E-state index contributed by atoms with van der Waals surface area (Å²) in [5, 5.41) is 0. The third kappa shape index (κ3) is 0.823. The van der Waals surface area contributed by atoms with E-state index < -0.39 is 0 Å². The molecule has 0 aromatic carbocycles. The molecule has 0 amide bonds. The van der Waals surface area contributed by atoms with E-state index in [2.05, 4.69) is 12.5 Å². The van der Waals surface area contributed by atoms with Crippen molar-refractivity contribution >= 4 is 0 Å². The van der Waals surface area contributed by atoms with Crippen LogP contribution in [-0.2, 0) is 9.47 Å². The van der Waals surface area contributed by atoms with Gasteiger partial charge in [-0.2, -0.15) is 0 Å². The number of fused-ring (bicyclic) bond motifs is 4. The summed E-state index contributed by atoms with van der Waals surface area (Å²) in [7, 11) is 0. The Hall–Kier alpha value is -0.920. The van der Waals surface area contributed by atoms with Crippen LogP contribution in [0.2, 0.25) is 0 Å². The summed E-state index contributed by atoms with van der Waals surface area (Å²) in [4.78, 5) is 0. The molecule has 2 heterocycles. The molecule has 8 rings (SSSR count).